The summed E-state index contributed by atoms with van der Waals surface area (Å²) in [5, 5.41) is 15.3. The second-order valence-electron chi connectivity index (χ2n) is 4.34. The number of carbonyl (C=O) groups is 2. The molecule has 1 atom stereocenters. The van der Waals surface area contributed by atoms with Crippen molar-refractivity contribution in [1.29, 1.82) is 0 Å². The van der Waals surface area contributed by atoms with Gasteiger partial charge in [-0.1, -0.05) is 12.1 Å². The van der Waals surface area contributed by atoms with Crippen molar-refractivity contribution < 1.29 is 14.7 Å². The molecule has 0 saturated heterocycles. The van der Waals surface area contributed by atoms with Gasteiger partial charge in [-0.3, -0.25) is 4.79 Å². The number of rotatable bonds is 5. The van der Waals surface area contributed by atoms with E-state index in [0.29, 0.717) is 11.3 Å². The van der Waals surface area contributed by atoms with Crippen LogP contribution in [0.2, 0.25) is 0 Å². The molecule has 1 heterocycles. The van der Waals surface area contributed by atoms with Crippen molar-refractivity contribution in [2.75, 3.05) is 5.32 Å². The molecule has 108 valence electrons. The summed E-state index contributed by atoms with van der Waals surface area (Å²) in [5.74, 6) is -1.26. The SMILES string of the molecule is CC(C(=O)Nc1cccc(C=CC(=O)O)c1)n1cncn1. The molecule has 1 aromatic carbocycles. The highest BCUT2D eigenvalue weighted by Gasteiger charge is 2.15. The topological polar surface area (TPSA) is 97.1 Å². The minimum absolute atomic E-state index is 0.236. The first kappa shape index (κ1) is 14.4. The van der Waals surface area contributed by atoms with Crippen molar-refractivity contribution in [1.82, 2.24) is 14.8 Å². The molecule has 0 aliphatic heterocycles. The zero-order valence-corrected chi connectivity index (χ0v) is 11.3. The number of benzene rings is 1. The van der Waals surface area contributed by atoms with Crippen LogP contribution in [0.3, 0.4) is 0 Å². The third-order valence-electron chi connectivity index (χ3n) is 2.79. The number of nitrogens with one attached hydrogen (secondary N) is 1. The van der Waals surface area contributed by atoms with E-state index in [1.54, 1.807) is 31.2 Å². The molecule has 1 aromatic heterocycles. The van der Waals surface area contributed by atoms with Crippen LogP contribution >= 0.6 is 0 Å². The van der Waals surface area contributed by atoms with Gasteiger partial charge < -0.3 is 10.4 Å². The zero-order valence-electron chi connectivity index (χ0n) is 11.3. The fourth-order valence-electron chi connectivity index (χ4n) is 1.67. The van der Waals surface area contributed by atoms with Crippen molar-refractivity contribution in [2.45, 2.75) is 13.0 Å². The van der Waals surface area contributed by atoms with E-state index < -0.39 is 12.0 Å². The van der Waals surface area contributed by atoms with Crippen LogP contribution in [0.5, 0.6) is 0 Å². The lowest BCUT2D eigenvalue weighted by Gasteiger charge is -2.12. The molecule has 1 amide bonds. The minimum atomic E-state index is -1.02. The molecular weight excluding hydrogens is 272 g/mol. The Morgan fingerprint density at radius 2 is 2.24 bits per heavy atom. The Bertz CT molecular complexity index is 665. The number of aromatic nitrogens is 3. The fourth-order valence-corrected chi connectivity index (χ4v) is 1.67. The Balaban J connectivity index is 2.07. The molecule has 0 radical (unpaired) electrons. The van der Waals surface area contributed by atoms with Crippen LogP contribution in [0.25, 0.3) is 6.08 Å². The standard InChI is InChI=1S/C14H14N4O3/c1-10(18-9-15-8-16-18)14(21)17-12-4-2-3-11(7-12)5-6-13(19)20/h2-10H,1H3,(H,17,21)(H,19,20). The Hall–Kier alpha value is -2.96. The van der Waals surface area contributed by atoms with Gasteiger partial charge in [0.1, 0.15) is 18.7 Å². The molecule has 0 saturated carbocycles. The van der Waals surface area contributed by atoms with Crippen LogP contribution in [0.4, 0.5) is 5.69 Å². The van der Waals surface area contributed by atoms with Crippen molar-refractivity contribution in [3.63, 3.8) is 0 Å². The maximum absolute atomic E-state index is 12.1. The molecule has 1 unspecified atom stereocenters. The Labute approximate surface area is 120 Å². The molecule has 0 bridgehead atoms. The summed E-state index contributed by atoms with van der Waals surface area (Å²) < 4.78 is 1.45. The first-order valence-electron chi connectivity index (χ1n) is 6.22. The quantitative estimate of drug-likeness (QED) is 0.813. The number of hydrogen-bond donors (Lipinski definition) is 2. The third kappa shape index (κ3) is 4.00. The number of amides is 1. The lowest BCUT2D eigenvalue weighted by atomic mass is 10.2. The van der Waals surface area contributed by atoms with Crippen LogP contribution in [0.15, 0.2) is 43.0 Å². The van der Waals surface area contributed by atoms with Gasteiger partial charge in [-0.15, -0.1) is 0 Å². The fraction of sp³-hybridized carbons (Fsp3) is 0.143. The van der Waals surface area contributed by atoms with E-state index in [1.807, 2.05) is 0 Å². The highest BCUT2D eigenvalue weighted by Crippen LogP contribution is 2.14. The monoisotopic (exact) mass is 286 g/mol. The lowest BCUT2D eigenvalue weighted by Crippen LogP contribution is -2.24. The largest absolute Gasteiger partial charge is 0.478 e. The summed E-state index contributed by atoms with van der Waals surface area (Å²) in [4.78, 5) is 26.4. The minimum Gasteiger partial charge on any atom is -0.478 e. The van der Waals surface area contributed by atoms with Gasteiger partial charge in [-0.2, -0.15) is 5.10 Å². The van der Waals surface area contributed by atoms with Gasteiger partial charge in [-0.25, -0.2) is 14.5 Å². The average molecular weight is 286 g/mol. The smallest absolute Gasteiger partial charge is 0.328 e. The molecular formula is C14H14N4O3. The van der Waals surface area contributed by atoms with Crippen molar-refractivity contribution in [2.24, 2.45) is 0 Å². The summed E-state index contributed by atoms with van der Waals surface area (Å²) >= 11 is 0. The van der Waals surface area contributed by atoms with Gasteiger partial charge in [0.25, 0.3) is 0 Å². The number of nitrogens with zero attached hydrogens (tertiary/aromatic N) is 3. The van der Waals surface area contributed by atoms with Gasteiger partial charge in [0.05, 0.1) is 0 Å². The van der Waals surface area contributed by atoms with E-state index in [2.05, 4.69) is 15.4 Å². The molecule has 0 aliphatic rings. The summed E-state index contributed by atoms with van der Waals surface area (Å²) in [6.45, 7) is 1.71. The second-order valence-corrected chi connectivity index (χ2v) is 4.34. The molecule has 0 fully saturated rings. The molecule has 2 aromatic rings. The van der Waals surface area contributed by atoms with Gasteiger partial charge in [0, 0.05) is 11.8 Å². The number of carboxylic acid groups (broad SMARTS) is 1. The van der Waals surface area contributed by atoms with Crippen molar-refractivity contribution in [3.8, 4) is 0 Å². The Morgan fingerprint density at radius 3 is 2.90 bits per heavy atom. The van der Waals surface area contributed by atoms with Gasteiger partial charge >= 0.3 is 5.97 Å². The van der Waals surface area contributed by atoms with E-state index in [9.17, 15) is 9.59 Å². The van der Waals surface area contributed by atoms with Gasteiger partial charge in [0.15, 0.2) is 0 Å². The molecule has 0 aliphatic carbocycles. The maximum Gasteiger partial charge on any atom is 0.328 e. The molecule has 7 heteroatoms. The van der Waals surface area contributed by atoms with E-state index in [1.165, 1.54) is 23.4 Å². The number of aliphatic carboxylic acids is 1. The van der Waals surface area contributed by atoms with Gasteiger partial charge in [0.2, 0.25) is 5.91 Å². The maximum atomic E-state index is 12.1. The van der Waals surface area contributed by atoms with Crippen LogP contribution in [0, 0.1) is 0 Å². The summed E-state index contributed by atoms with van der Waals surface area (Å²) in [7, 11) is 0. The van der Waals surface area contributed by atoms with Crippen LogP contribution in [-0.4, -0.2) is 31.7 Å². The number of anilines is 1. The molecule has 7 nitrogen and oxygen atoms in total. The molecule has 21 heavy (non-hydrogen) atoms. The molecule has 2 rings (SSSR count). The first-order valence-corrected chi connectivity index (χ1v) is 6.22. The van der Waals surface area contributed by atoms with Crippen LogP contribution < -0.4 is 5.32 Å². The summed E-state index contributed by atoms with van der Waals surface area (Å²) in [6.07, 6.45) is 5.33. The zero-order chi connectivity index (χ0) is 15.2. The molecule has 0 spiro atoms. The lowest BCUT2D eigenvalue weighted by molar-refractivity contribution is -0.131. The number of carboxylic acids is 1. The van der Waals surface area contributed by atoms with Gasteiger partial charge in [-0.05, 0) is 30.7 Å². The van der Waals surface area contributed by atoms with E-state index in [0.717, 1.165) is 6.08 Å². The first-order chi connectivity index (χ1) is 10.1. The summed E-state index contributed by atoms with van der Waals surface area (Å²) in [5.41, 5.74) is 1.27. The predicted octanol–water partition coefficient (Wildman–Crippen LogP) is 1.58. The highest BCUT2D eigenvalue weighted by molar-refractivity contribution is 5.93. The van der Waals surface area contributed by atoms with Crippen molar-refractivity contribution in [3.05, 3.63) is 48.6 Å². The number of carbonyl (C=O) groups excluding carboxylic acids is 1. The predicted molar refractivity (Wildman–Crippen MR) is 76.5 cm³/mol. The van der Waals surface area contributed by atoms with Crippen LogP contribution in [0.1, 0.15) is 18.5 Å². The van der Waals surface area contributed by atoms with E-state index >= 15 is 0 Å². The van der Waals surface area contributed by atoms with E-state index in [-0.39, 0.29) is 5.91 Å². The third-order valence-corrected chi connectivity index (χ3v) is 2.79. The second kappa shape index (κ2) is 6.47. The molecule has 2 N–H and O–H groups in total. The number of hydrogen-bond acceptors (Lipinski definition) is 4. The Morgan fingerprint density at radius 1 is 1.43 bits per heavy atom. The summed E-state index contributed by atoms with van der Waals surface area (Å²) in [6, 6.07) is 6.40. The van der Waals surface area contributed by atoms with E-state index in [4.69, 9.17) is 5.11 Å². The van der Waals surface area contributed by atoms with Crippen LogP contribution in [-0.2, 0) is 9.59 Å². The normalized spacial score (nSPS) is 12.2. The highest BCUT2D eigenvalue weighted by atomic mass is 16.4. The van der Waals surface area contributed by atoms with Crippen molar-refractivity contribution >= 4 is 23.6 Å². The Kier molecular flexibility index (Phi) is 4.45. The average Bonchev–Trinajstić information content (AvgIpc) is 2.98.